The number of amides is 1. The molecule has 1 amide bonds. The van der Waals surface area contributed by atoms with Gasteiger partial charge in [-0.05, 0) is 25.0 Å². The van der Waals surface area contributed by atoms with E-state index in [1.165, 1.54) is 11.3 Å². The molecule has 0 atom stereocenters. The molecule has 2 heterocycles. The number of aromatic nitrogens is 4. The fourth-order valence-corrected chi connectivity index (χ4v) is 3.70. The van der Waals surface area contributed by atoms with Gasteiger partial charge in [-0.15, -0.1) is 10.2 Å². The molecule has 0 fully saturated rings. The third kappa shape index (κ3) is 3.88. The Balaban J connectivity index is 1.83. The average molecular weight is 376 g/mol. The summed E-state index contributed by atoms with van der Waals surface area (Å²) in [4.78, 5) is 12.6. The third-order valence-corrected chi connectivity index (χ3v) is 4.71. The van der Waals surface area contributed by atoms with Gasteiger partial charge < -0.3 is 0 Å². The van der Waals surface area contributed by atoms with E-state index in [4.69, 9.17) is 11.6 Å². The SMILES string of the molecule is Cc1nn(-c2ccccc2)c(Cl)c1C(=O)Nc1nnc(CC(C)C)s1. The minimum atomic E-state index is -0.336. The molecule has 6 nitrogen and oxygen atoms in total. The van der Waals surface area contributed by atoms with Gasteiger partial charge in [0.2, 0.25) is 5.13 Å². The highest BCUT2D eigenvalue weighted by Crippen LogP contribution is 2.25. The van der Waals surface area contributed by atoms with Gasteiger partial charge in [-0.2, -0.15) is 5.10 Å². The van der Waals surface area contributed by atoms with Crippen molar-refractivity contribution in [2.45, 2.75) is 27.2 Å². The maximum atomic E-state index is 12.6. The maximum absolute atomic E-state index is 12.6. The highest BCUT2D eigenvalue weighted by molar-refractivity contribution is 7.15. The molecule has 0 saturated heterocycles. The van der Waals surface area contributed by atoms with E-state index in [2.05, 4.69) is 34.5 Å². The van der Waals surface area contributed by atoms with Crippen LogP contribution in [0.4, 0.5) is 5.13 Å². The first-order valence-electron chi connectivity index (χ1n) is 7.90. The van der Waals surface area contributed by atoms with E-state index < -0.39 is 0 Å². The van der Waals surface area contributed by atoms with Crippen molar-refractivity contribution in [1.82, 2.24) is 20.0 Å². The molecule has 0 saturated carbocycles. The van der Waals surface area contributed by atoms with Gasteiger partial charge in [-0.25, -0.2) is 4.68 Å². The fourth-order valence-electron chi connectivity index (χ4n) is 2.39. The molecule has 2 aromatic heterocycles. The van der Waals surface area contributed by atoms with E-state index in [0.29, 0.717) is 22.3 Å². The Bertz CT molecular complexity index is 888. The van der Waals surface area contributed by atoms with Crippen molar-refractivity contribution in [3.8, 4) is 5.69 Å². The lowest BCUT2D eigenvalue weighted by atomic mass is 10.1. The lowest BCUT2D eigenvalue weighted by molar-refractivity contribution is 0.102. The van der Waals surface area contributed by atoms with Gasteiger partial charge in [-0.1, -0.05) is 55.0 Å². The second kappa shape index (κ2) is 7.33. The molecule has 0 aliphatic heterocycles. The largest absolute Gasteiger partial charge is 0.296 e. The first kappa shape index (κ1) is 17.6. The minimum absolute atomic E-state index is 0.271. The summed E-state index contributed by atoms with van der Waals surface area (Å²) in [5.41, 5.74) is 1.69. The Labute approximate surface area is 154 Å². The van der Waals surface area contributed by atoms with E-state index in [1.807, 2.05) is 30.3 Å². The molecule has 0 bridgehead atoms. The van der Waals surface area contributed by atoms with Crippen LogP contribution in [0.1, 0.15) is 34.9 Å². The number of nitrogens with one attached hydrogen (secondary N) is 1. The van der Waals surface area contributed by atoms with Crippen LogP contribution in [0.15, 0.2) is 30.3 Å². The van der Waals surface area contributed by atoms with Crippen LogP contribution < -0.4 is 5.32 Å². The van der Waals surface area contributed by atoms with Crippen LogP contribution >= 0.6 is 22.9 Å². The standard InChI is InChI=1S/C17H18ClN5OS/c1-10(2)9-13-20-21-17(25-13)19-16(24)14-11(3)22-23(15(14)18)12-7-5-4-6-8-12/h4-8,10H,9H2,1-3H3,(H,19,21,24). The van der Waals surface area contributed by atoms with Gasteiger partial charge in [-0.3, -0.25) is 10.1 Å². The van der Waals surface area contributed by atoms with Crippen molar-refractivity contribution < 1.29 is 4.79 Å². The molecule has 0 aliphatic rings. The smallest absolute Gasteiger partial charge is 0.262 e. The summed E-state index contributed by atoms with van der Waals surface area (Å²) in [6, 6.07) is 9.44. The third-order valence-electron chi connectivity index (χ3n) is 3.50. The quantitative estimate of drug-likeness (QED) is 0.727. The Morgan fingerprint density at radius 2 is 2.00 bits per heavy atom. The van der Waals surface area contributed by atoms with E-state index in [0.717, 1.165) is 17.1 Å². The van der Waals surface area contributed by atoms with Crippen molar-refractivity contribution >= 4 is 34.0 Å². The van der Waals surface area contributed by atoms with Gasteiger partial charge >= 0.3 is 0 Å². The van der Waals surface area contributed by atoms with Crippen LogP contribution in [0.25, 0.3) is 5.69 Å². The van der Waals surface area contributed by atoms with Crippen molar-refractivity contribution in [2.75, 3.05) is 5.32 Å². The number of halogens is 1. The van der Waals surface area contributed by atoms with Gasteiger partial charge in [0, 0.05) is 6.42 Å². The summed E-state index contributed by atoms with van der Waals surface area (Å²) in [6.45, 7) is 5.98. The number of nitrogens with zero attached hydrogens (tertiary/aromatic N) is 4. The number of hydrogen-bond acceptors (Lipinski definition) is 5. The molecular weight excluding hydrogens is 358 g/mol. The van der Waals surface area contributed by atoms with Crippen molar-refractivity contribution in [3.05, 3.63) is 51.7 Å². The lowest BCUT2D eigenvalue weighted by Gasteiger charge is -2.03. The van der Waals surface area contributed by atoms with Crippen LogP contribution in [0.5, 0.6) is 0 Å². The zero-order valence-corrected chi connectivity index (χ0v) is 15.7. The second-order valence-corrected chi connectivity index (χ2v) is 7.47. The molecule has 0 unspecified atom stereocenters. The number of aryl methyl sites for hydroxylation is 1. The summed E-state index contributed by atoms with van der Waals surface area (Å²) >= 11 is 7.78. The fraction of sp³-hybridized carbons (Fsp3) is 0.294. The molecule has 0 aliphatic carbocycles. The van der Waals surface area contributed by atoms with Crippen LogP contribution in [0.2, 0.25) is 5.15 Å². The molecule has 1 aromatic carbocycles. The summed E-state index contributed by atoms with van der Waals surface area (Å²) in [6.07, 6.45) is 0.833. The van der Waals surface area contributed by atoms with Crippen LogP contribution in [-0.4, -0.2) is 25.9 Å². The highest BCUT2D eigenvalue weighted by Gasteiger charge is 2.22. The van der Waals surface area contributed by atoms with Crippen LogP contribution in [0.3, 0.4) is 0 Å². The number of carbonyl (C=O) groups is 1. The lowest BCUT2D eigenvalue weighted by Crippen LogP contribution is -2.13. The maximum Gasteiger partial charge on any atom is 0.262 e. The van der Waals surface area contributed by atoms with Crippen LogP contribution in [0, 0.1) is 12.8 Å². The van der Waals surface area contributed by atoms with E-state index in [1.54, 1.807) is 11.6 Å². The number of para-hydroxylation sites is 1. The zero-order chi connectivity index (χ0) is 18.0. The average Bonchev–Trinajstić information content (AvgIpc) is 3.11. The van der Waals surface area contributed by atoms with Gasteiger partial charge in [0.15, 0.2) is 0 Å². The molecular formula is C17H18ClN5OS. The molecule has 8 heteroatoms. The number of rotatable bonds is 5. The van der Waals surface area contributed by atoms with Crippen molar-refractivity contribution in [3.63, 3.8) is 0 Å². The Kier molecular flexibility index (Phi) is 5.15. The Morgan fingerprint density at radius 3 is 2.68 bits per heavy atom. The topological polar surface area (TPSA) is 72.7 Å². The number of anilines is 1. The first-order valence-corrected chi connectivity index (χ1v) is 9.09. The first-order chi connectivity index (χ1) is 12.0. The van der Waals surface area contributed by atoms with E-state index in [-0.39, 0.29) is 11.1 Å². The molecule has 3 aromatic rings. The zero-order valence-electron chi connectivity index (χ0n) is 14.2. The van der Waals surface area contributed by atoms with Gasteiger partial charge in [0.1, 0.15) is 15.7 Å². The number of benzene rings is 1. The van der Waals surface area contributed by atoms with E-state index in [9.17, 15) is 4.79 Å². The Hall–Kier alpha value is -2.25. The van der Waals surface area contributed by atoms with Gasteiger partial charge in [0.05, 0.1) is 11.4 Å². The molecule has 0 spiro atoms. The number of carbonyl (C=O) groups excluding carboxylic acids is 1. The van der Waals surface area contributed by atoms with Crippen molar-refractivity contribution in [1.29, 1.82) is 0 Å². The van der Waals surface area contributed by atoms with Crippen LogP contribution in [-0.2, 0) is 6.42 Å². The monoisotopic (exact) mass is 375 g/mol. The molecule has 0 radical (unpaired) electrons. The Morgan fingerprint density at radius 1 is 1.28 bits per heavy atom. The minimum Gasteiger partial charge on any atom is -0.296 e. The summed E-state index contributed by atoms with van der Waals surface area (Å²) in [5.74, 6) is 0.147. The molecule has 25 heavy (non-hydrogen) atoms. The molecule has 1 N–H and O–H groups in total. The summed E-state index contributed by atoms with van der Waals surface area (Å²) in [7, 11) is 0. The summed E-state index contributed by atoms with van der Waals surface area (Å²) in [5, 5.41) is 16.9. The predicted octanol–water partition coefficient (Wildman–Crippen LogP) is 4.14. The highest BCUT2D eigenvalue weighted by atomic mass is 35.5. The molecule has 130 valence electrons. The normalized spacial score (nSPS) is 11.1. The predicted molar refractivity (Wildman–Crippen MR) is 99.7 cm³/mol. The summed E-state index contributed by atoms with van der Waals surface area (Å²) < 4.78 is 1.55. The van der Waals surface area contributed by atoms with Crippen molar-refractivity contribution in [2.24, 2.45) is 5.92 Å². The molecule has 3 rings (SSSR count). The van der Waals surface area contributed by atoms with E-state index >= 15 is 0 Å². The number of hydrogen-bond donors (Lipinski definition) is 1. The second-order valence-electron chi connectivity index (χ2n) is 6.05. The van der Waals surface area contributed by atoms with Gasteiger partial charge in [0.25, 0.3) is 5.91 Å².